The standard InChI is InChI=1S/C14H16N2O2/c1-17-14-13(8-5-9-15-14)10-16-18-11-12-6-3-2-4-7-12/h2-9,16H,10-11H2,1H3. The van der Waals surface area contributed by atoms with Crippen molar-refractivity contribution >= 4 is 0 Å². The van der Waals surface area contributed by atoms with Gasteiger partial charge < -0.3 is 4.74 Å². The van der Waals surface area contributed by atoms with E-state index in [1.54, 1.807) is 13.3 Å². The van der Waals surface area contributed by atoms with Crippen molar-refractivity contribution in [2.45, 2.75) is 13.2 Å². The molecule has 1 heterocycles. The van der Waals surface area contributed by atoms with Crippen molar-refractivity contribution in [2.75, 3.05) is 7.11 Å². The molecule has 0 atom stereocenters. The molecule has 0 radical (unpaired) electrons. The smallest absolute Gasteiger partial charge is 0.217 e. The van der Waals surface area contributed by atoms with E-state index in [4.69, 9.17) is 9.57 Å². The molecular formula is C14H16N2O2. The van der Waals surface area contributed by atoms with Gasteiger partial charge in [-0.2, -0.15) is 5.48 Å². The van der Waals surface area contributed by atoms with Gasteiger partial charge in [0.25, 0.3) is 0 Å². The normalized spacial score (nSPS) is 10.3. The summed E-state index contributed by atoms with van der Waals surface area (Å²) in [5, 5.41) is 0. The Labute approximate surface area is 107 Å². The van der Waals surface area contributed by atoms with E-state index in [1.165, 1.54) is 0 Å². The van der Waals surface area contributed by atoms with Crippen molar-refractivity contribution in [1.29, 1.82) is 0 Å². The van der Waals surface area contributed by atoms with E-state index < -0.39 is 0 Å². The molecule has 0 saturated carbocycles. The fourth-order valence-electron chi connectivity index (χ4n) is 1.58. The monoisotopic (exact) mass is 244 g/mol. The second kappa shape index (κ2) is 6.74. The van der Waals surface area contributed by atoms with Crippen LogP contribution in [-0.2, 0) is 18.0 Å². The zero-order chi connectivity index (χ0) is 12.6. The summed E-state index contributed by atoms with van der Waals surface area (Å²) in [5.74, 6) is 0.619. The Morgan fingerprint density at radius 1 is 1.11 bits per heavy atom. The second-order valence-corrected chi connectivity index (χ2v) is 3.77. The van der Waals surface area contributed by atoms with Gasteiger partial charge in [-0.1, -0.05) is 36.4 Å². The minimum Gasteiger partial charge on any atom is -0.481 e. The molecular weight excluding hydrogens is 228 g/mol. The Morgan fingerprint density at radius 3 is 2.72 bits per heavy atom. The van der Waals surface area contributed by atoms with Crippen molar-refractivity contribution in [3.63, 3.8) is 0 Å². The molecule has 2 rings (SSSR count). The summed E-state index contributed by atoms with van der Waals surface area (Å²) in [6.07, 6.45) is 1.70. The van der Waals surface area contributed by atoms with Crippen LogP contribution in [0.1, 0.15) is 11.1 Å². The Morgan fingerprint density at radius 2 is 1.94 bits per heavy atom. The largest absolute Gasteiger partial charge is 0.481 e. The number of hydrogen-bond acceptors (Lipinski definition) is 4. The Hall–Kier alpha value is -1.91. The molecule has 0 bridgehead atoms. The van der Waals surface area contributed by atoms with Crippen LogP contribution < -0.4 is 10.2 Å². The molecule has 0 aliphatic carbocycles. The van der Waals surface area contributed by atoms with Crippen LogP contribution in [0.15, 0.2) is 48.7 Å². The molecule has 4 nitrogen and oxygen atoms in total. The summed E-state index contributed by atoms with van der Waals surface area (Å²) >= 11 is 0. The first-order chi connectivity index (χ1) is 8.90. The first-order valence-electron chi connectivity index (χ1n) is 5.76. The molecule has 1 aromatic heterocycles. The third-order valence-corrected chi connectivity index (χ3v) is 2.49. The van der Waals surface area contributed by atoms with Crippen molar-refractivity contribution in [3.8, 4) is 5.88 Å². The number of hydroxylamine groups is 1. The number of rotatable bonds is 6. The van der Waals surface area contributed by atoms with E-state index >= 15 is 0 Å². The third-order valence-electron chi connectivity index (χ3n) is 2.49. The average Bonchev–Trinajstić information content (AvgIpc) is 2.45. The summed E-state index contributed by atoms with van der Waals surface area (Å²) < 4.78 is 5.15. The number of nitrogens with one attached hydrogen (secondary N) is 1. The van der Waals surface area contributed by atoms with Gasteiger partial charge in [0.15, 0.2) is 0 Å². The van der Waals surface area contributed by atoms with E-state index in [0.717, 1.165) is 11.1 Å². The van der Waals surface area contributed by atoms with Crippen molar-refractivity contribution < 1.29 is 9.57 Å². The predicted molar refractivity (Wildman–Crippen MR) is 68.9 cm³/mol. The zero-order valence-corrected chi connectivity index (χ0v) is 10.3. The summed E-state index contributed by atoms with van der Waals surface area (Å²) in [4.78, 5) is 9.51. The maximum atomic E-state index is 5.39. The van der Waals surface area contributed by atoms with Gasteiger partial charge in [0.2, 0.25) is 5.88 Å². The topological polar surface area (TPSA) is 43.4 Å². The van der Waals surface area contributed by atoms with Crippen LogP contribution in [-0.4, -0.2) is 12.1 Å². The van der Waals surface area contributed by atoms with E-state index in [0.29, 0.717) is 19.0 Å². The van der Waals surface area contributed by atoms with Gasteiger partial charge in [-0.3, -0.25) is 4.84 Å². The highest BCUT2D eigenvalue weighted by Crippen LogP contribution is 2.12. The summed E-state index contributed by atoms with van der Waals surface area (Å²) in [7, 11) is 1.61. The molecule has 2 aromatic rings. The van der Waals surface area contributed by atoms with Crippen LogP contribution >= 0.6 is 0 Å². The van der Waals surface area contributed by atoms with Crippen molar-refractivity contribution in [3.05, 3.63) is 59.8 Å². The zero-order valence-electron chi connectivity index (χ0n) is 10.3. The molecule has 0 amide bonds. The SMILES string of the molecule is COc1ncccc1CNOCc1ccccc1. The van der Waals surface area contributed by atoms with Crippen LogP contribution in [0, 0.1) is 0 Å². The lowest BCUT2D eigenvalue weighted by Gasteiger charge is -2.08. The Bertz CT molecular complexity index is 474. The maximum absolute atomic E-state index is 5.39. The highest BCUT2D eigenvalue weighted by atomic mass is 16.6. The second-order valence-electron chi connectivity index (χ2n) is 3.77. The number of aromatic nitrogens is 1. The first-order valence-corrected chi connectivity index (χ1v) is 5.76. The molecule has 4 heteroatoms. The van der Waals surface area contributed by atoms with Crippen LogP contribution in [0.2, 0.25) is 0 Å². The minimum atomic E-state index is 0.531. The highest BCUT2D eigenvalue weighted by Gasteiger charge is 2.02. The van der Waals surface area contributed by atoms with Gasteiger partial charge in [0, 0.05) is 11.8 Å². The lowest BCUT2D eigenvalue weighted by molar-refractivity contribution is 0.0230. The van der Waals surface area contributed by atoms with E-state index in [-0.39, 0.29) is 0 Å². The van der Waals surface area contributed by atoms with E-state index in [9.17, 15) is 0 Å². The molecule has 0 saturated heterocycles. The molecule has 1 N–H and O–H groups in total. The average molecular weight is 244 g/mol. The number of methoxy groups -OCH3 is 1. The molecule has 0 aliphatic rings. The van der Waals surface area contributed by atoms with Crippen LogP contribution in [0.4, 0.5) is 0 Å². The van der Waals surface area contributed by atoms with Gasteiger partial charge in [0.05, 0.1) is 20.3 Å². The van der Waals surface area contributed by atoms with E-state index in [2.05, 4.69) is 10.5 Å². The quantitative estimate of drug-likeness (QED) is 0.625. The number of ether oxygens (including phenoxy) is 1. The highest BCUT2D eigenvalue weighted by molar-refractivity contribution is 5.24. The molecule has 1 aromatic carbocycles. The molecule has 0 unspecified atom stereocenters. The summed E-state index contributed by atoms with van der Waals surface area (Å²) in [5.41, 5.74) is 5.00. The number of hydrogen-bond donors (Lipinski definition) is 1. The maximum Gasteiger partial charge on any atom is 0.217 e. The van der Waals surface area contributed by atoms with Gasteiger partial charge in [-0.05, 0) is 11.6 Å². The molecule has 0 spiro atoms. The Balaban J connectivity index is 1.78. The van der Waals surface area contributed by atoms with Gasteiger partial charge in [-0.15, -0.1) is 0 Å². The summed E-state index contributed by atoms with van der Waals surface area (Å²) in [6.45, 7) is 1.09. The predicted octanol–water partition coefficient (Wildman–Crippen LogP) is 2.31. The van der Waals surface area contributed by atoms with Crippen LogP contribution in [0.5, 0.6) is 5.88 Å². The van der Waals surface area contributed by atoms with E-state index in [1.807, 2.05) is 42.5 Å². The fourth-order valence-corrected chi connectivity index (χ4v) is 1.58. The van der Waals surface area contributed by atoms with Gasteiger partial charge in [0.1, 0.15) is 0 Å². The summed E-state index contributed by atoms with van der Waals surface area (Å²) in [6, 6.07) is 13.8. The van der Waals surface area contributed by atoms with Crippen molar-refractivity contribution in [1.82, 2.24) is 10.5 Å². The minimum absolute atomic E-state index is 0.531. The fraction of sp³-hybridized carbons (Fsp3) is 0.214. The number of benzene rings is 1. The number of nitrogens with zero attached hydrogens (tertiary/aromatic N) is 1. The molecule has 94 valence electrons. The lowest BCUT2D eigenvalue weighted by Crippen LogP contribution is -2.14. The van der Waals surface area contributed by atoms with Crippen molar-refractivity contribution in [2.24, 2.45) is 0 Å². The van der Waals surface area contributed by atoms with Crippen LogP contribution in [0.25, 0.3) is 0 Å². The Kier molecular flexibility index (Phi) is 4.69. The van der Waals surface area contributed by atoms with Gasteiger partial charge >= 0.3 is 0 Å². The first kappa shape index (κ1) is 12.5. The van der Waals surface area contributed by atoms with Crippen LogP contribution in [0.3, 0.4) is 0 Å². The third kappa shape index (κ3) is 3.55. The molecule has 0 aliphatic heterocycles. The van der Waals surface area contributed by atoms with Gasteiger partial charge in [-0.25, -0.2) is 4.98 Å². The lowest BCUT2D eigenvalue weighted by atomic mass is 10.2. The number of pyridine rings is 1. The molecule has 18 heavy (non-hydrogen) atoms. The molecule has 0 fully saturated rings.